The Bertz CT molecular complexity index is 1140. The van der Waals surface area contributed by atoms with Crippen molar-refractivity contribution in [2.45, 2.75) is 12.7 Å². The van der Waals surface area contributed by atoms with Gasteiger partial charge in [0.15, 0.2) is 0 Å². The number of hydrogen-bond donors (Lipinski definition) is 1. The minimum atomic E-state index is -4.71. The molecule has 4 rings (SSSR count). The molecule has 28 heavy (non-hydrogen) atoms. The van der Waals surface area contributed by atoms with Gasteiger partial charge in [0.2, 0.25) is 11.7 Å². The molecule has 0 atom stereocenters. The Morgan fingerprint density at radius 1 is 1.14 bits per heavy atom. The maximum Gasteiger partial charge on any atom is 0.471 e. The fourth-order valence-corrected chi connectivity index (χ4v) is 2.66. The third kappa shape index (κ3) is 3.56. The Morgan fingerprint density at radius 2 is 1.93 bits per heavy atom. The lowest BCUT2D eigenvalue weighted by Gasteiger charge is -2.06. The molecule has 0 saturated heterocycles. The van der Waals surface area contributed by atoms with Crippen molar-refractivity contribution < 1.29 is 22.5 Å². The first kappa shape index (κ1) is 17.7. The predicted molar refractivity (Wildman–Crippen MR) is 93.1 cm³/mol. The molecule has 0 aliphatic rings. The molecule has 142 valence electrons. The van der Waals surface area contributed by atoms with Crippen LogP contribution in [-0.4, -0.2) is 25.6 Å². The highest BCUT2D eigenvalue weighted by molar-refractivity contribution is 5.91. The standard InChI is InChI=1S/C18H12F3N5O2/c19-18(20,21)17-24-16(25-28-17)11-6-7-14-13(8-11)22-10-26(14)9-15(27)23-12-4-2-1-3-5-12/h1-8,10H,9H2,(H,23,27). The van der Waals surface area contributed by atoms with Crippen molar-refractivity contribution in [2.75, 3.05) is 5.32 Å². The number of rotatable bonds is 4. The Hall–Kier alpha value is -3.69. The number of carbonyl (C=O) groups is 1. The lowest BCUT2D eigenvalue weighted by Crippen LogP contribution is -2.18. The molecule has 0 aliphatic carbocycles. The number of fused-ring (bicyclic) bond motifs is 1. The Morgan fingerprint density at radius 3 is 2.64 bits per heavy atom. The zero-order valence-electron chi connectivity index (χ0n) is 14.1. The van der Waals surface area contributed by atoms with Crippen LogP contribution >= 0.6 is 0 Å². The van der Waals surface area contributed by atoms with Gasteiger partial charge in [0, 0.05) is 11.3 Å². The molecular formula is C18H12F3N5O2. The van der Waals surface area contributed by atoms with E-state index in [4.69, 9.17) is 0 Å². The smallest absolute Gasteiger partial charge is 0.329 e. The maximum atomic E-state index is 12.6. The van der Waals surface area contributed by atoms with Crippen LogP contribution in [0.3, 0.4) is 0 Å². The number of benzene rings is 2. The fraction of sp³-hybridized carbons (Fsp3) is 0.111. The van der Waals surface area contributed by atoms with Crippen LogP contribution in [0.1, 0.15) is 5.89 Å². The normalized spacial score (nSPS) is 11.7. The monoisotopic (exact) mass is 387 g/mol. The van der Waals surface area contributed by atoms with E-state index in [0.717, 1.165) is 0 Å². The van der Waals surface area contributed by atoms with Crippen molar-refractivity contribution in [3.05, 3.63) is 60.7 Å². The molecule has 0 radical (unpaired) electrons. The molecule has 2 heterocycles. The quantitative estimate of drug-likeness (QED) is 0.577. The maximum absolute atomic E-state index is 12.6. The third-order valence-corrected chi connectivity index (χ3v) is 3.92. The topological polar surface area (TPSA) is 85.8 Å². The average molecular weight is 387 g/mol. The van der Waals surface area contributed by atoms with Crippen molar-refractivity contribution in [3.63, 3.8) is 0 Å². The third-order valence-electron chi connectivity index (χ3n) is 3.92. The molecule has 0 unspecified atom stereocenters. The molecule has 0 aliphatic heterocycles. The van der Waals surface area contributed by atoms with Crippen LogP contribution in [0.15, 0.2) is 59.4 Å². The zero-order valence-corrected chi connectivity index (χ0v) is 14.1. The van der Waals surface area contributed by atoms with E-state index in [0.29, 0.717) is 22.3 Å². The summed E-state index contributed by atoms with van der Waals surface area (Å²) in [4.78, 5) is 19.8. The van der Waals surface area contributed by atoms with Gasteiger partial charge in [-0.15, -0.1) is 0 Å². The van der Waals surface area contributed by atoms with Gasteiger partial charge in [0.25, 0.3) is 0 Å². The van der Waals surface area contributed by atoms with Crippen LogP contribution in [-0.2, 0) is 17.5 Å². The van der Waals surface area contributed by atoms with Crippen LogP contribution in [0, 0.1) is 0 Å². The second kappa shape index (κ2) is 6.80. The van der Waals surface area contributed by atoms with Crippen LogP contribution in [0.25, 0.3) is 22.4 Å². The average Bonchev–Trinajstić information content (AvgIpc) is 3.30. The summed E-state index contributed by atoms with van der Waals surface area (Å²) in [6.45, 7) is 0.0329. The summed E-state index contributed by atoms with van der Waals surface area (Å²) < 4.78 is 43.7. The van der Waals surface area contributed by atoms with Crippen molar-refractivity contribution in [1.29, 1.82) is 0 Å². The molecule has 7 nitrogen and oxygen atoms in total. The predicted octanol–water partition coefficient (Wildman–Crippen LogP) is 3.74. The van der Waals surface area contributed by atoms with Gasteiger partial charge < -0.3 is 14.4 Å². The van der Waals surface area contributed by atoms with E-state index >= 15 is 0 Å². The molecule has 2 aromatic carbocycles. The highest BCUT2D eigenvalue weighted by Crippen LogP contribution is 2.30. The lowest BCUT2D eigenvalue weighted by molar-refractivity contribution is -0.159. The fourth-order valence-electron chi connectivity index (χ4n) is 2.66. The van der Waals surface area contributed by atoms with E-state index in [1.54, 1.807) is 28.8 Å². The molecule has 0 saturated carbocycles. The van der Waals surface area contributed by atoms with Gasteiger partial charge in [-0.25, -0.2) is 4.98 Å². The number of para-hydroxylation sites is 1. The van der Waals surface area contributed by atoms with Crippen molar-refractivity contribution in [2.24, 2.45) is 0 Å². The van der Waals surface area contributed by atoms with Crippen LogP contribution in [0.2, 0.25) is 0 Å². The Labute approximate surface area is 155 Å². The van der Waals surface area contributed by atoms with Gasteiger partial charge in [-0.2, -0.15) is 18.2 Å². The Kier molecular flexibility index (Phi) is 4.30. The minimum absolute atomic E-state index is 0.0329. The molecule has 1 amide bonds. The van der Waals surface area contributed by atoms with Crippen molar-refractivity contribution >= 4 is 22.6 Å². The van der Waals surface area contributed by atoms with Gasteiger partial charge >= 0.3 is 12.1 Å². The zero-order chi connectivity index (χ0) is 19.7. The lowest BCUT2D eigenvalue weighted by atomic mass is 10.2. The summed E-state index contributed by atoms with van der Waals surface area (Å²) >= 11 is 0. The molecule has 2 aromatic heterocycles. The summed E-state index contributed by atoms with van der Waals surface area (Å²) in [7, 11) is 0. The number of hydrogen-bond acceptors (Lipinski definition) is 5. The highest BCUT2D eigenvalue weighted by atomic mass is 19.4. The first-order valence-electron chi connectivity index (χ1n) is 8.11. The van der Waals surface area contributed by atoms with Crippen LogP contribution in [0.5, 0.6) is 0 Å². The van der Waals surface area contributed by atoms with Crippen LogP contribution < -0.4 is 5.32 Å². The van der Waals surface area contributed by atoms with E-state index in [-0.39, 0.29) is 18.3 Å². The number of aromatic nitrogens is 4. The summed E-state index contributed by atoms with van der Waals surface area (Å²) in [6.07, 6.45) is -3.22. The van der Waals surface area contributed by atoms with Gasteiger partial charge in [-0.05, 0) is 30.3 Å². The van der Waals surface area contributed by atoms with Gasteiger partial charge in [0.05, 0.1) is 17.4 Å². The molecule has 0 spiro atoms. The van der Waals surface area contributed by atoms with E-state index < -0.39 is 12.1 Å². The second-order valence-electron chi connectivity index (χ2n) is 5.91. The van der Waals surface area contributed by atoms with E-state index in [9.17, 15) is 18.0 Å². The van der Waals surface area contributed by atoms with Crippen LogP contribution in [0.4, 0.5) is 18.9 Å². The Balaban J connectivity index is 1.55. The number of amides is 1. The number of nitrogens with one attached hydrogen (secondary N) is 1. The van der Waals surface area contributed by atoms with E-state index in [2.05, 4.69) is 25.0 Å². The van der Waals surface area contributed by atoms with Crippen molar-refractivity contribution in [3.8, 4) is 11.4 Å². The molecule has 0 fully saturated rings. The van der Waals surface area contributed by atoms with Gasteiger partial charge in [-0.1, -0.05) is 23.4 Å². The molecule has 10 heteroatoms. The van der Waals surface area contributed by atoms with E-state index in [1.165, 1.54) is 12.4 Å². The SMILES string of the molecule is O=C(Cn1cnc2cc(-c3noc(C(F)(F)F)n3)ccc21)Nc1ccccc1. The number of alkyl halides is 3. The largest absolute Gasteiger partial charge is 0.471 e. The van der Waals surface area contributed by atoms with Gasteiger partial charge in [0.1, 0.15) is 6.54 Å². The number of carbonyl (C=O) groups excluding carboxylic acids is 1. The summed E-state index contributed by atoms with van der Waals surface area (Å²) in [5.74, 6) is -1.83. The second-order valence-corrected chi connectivity index (χ2v) is 5.91. The number of anilines is 1. The molecule has 4 aromatic rings. The summed E-state index contributed by atoms with van der Waals surface area (Å²) in [5.41, 5.74) is 2.14. The molecule has 1 N–H and O–H groups in total. The van der Waals surface area contributed by atoms with E-state index in [1.807, 2.05) is 18.2 Å². The molecule has 0 bridgehead atoms. The minimum Gasteiger partial charge on any atom is -0.329 e. The van der Waals surface area contributed by atoms with Gasteiger partial charge in [-0.3, -0.25) is 4.79 Å². The first-order valence-corrected chi connectivity index (χ1v) is 8.11. The summed E-state index contributed by atoms with van der Waals surface area (Å²) in [6, 6.07) is 13.7. The highest BCUT2D eigenvalue weighted by Gasteiger charge is 2.38. The summed E-state index contributed by atoms with van der Waals surface area (Å²) in [5, 5.41) is 6.13. The first-order chi connectivity index (χ1) is 13.4. The number of halogens is 3. The van der Waals surface area contributed by atoms with Crippen molar-refractivity contribution in [1.82, 2.24) is 19.7 Å². The molecular weight excluding hydrogens is 375 g/mol. The number of nitrogens with zero attached hydrogens (tertiary/aromatic N) is 4. The number of imidazole rings is 1.